The summed E-state index contributed by atoms with van der Waals surface area (Å²) in [5, 5.41) is 0. The smallest absolute Gasteiger partial charge is 0.230 e. The van der Waals surface area contributed by atoms with Crippen molar-refractivity contribution in [2.45, 2.75) is 38.5 Å². The number of hydrogen-bond acceptors (Lipinski definition) is 4. The van der Waals surface area contributed by atoms with Crippen molar-refractivity contribution in [2.24, 2.45) is 0 Å². The Hall–Kier alpha value is -0.550. The van der Waals surface area contributed by atoms with Crippen molar-refractivity contribution < 1.29 is 9.59 Å². The number of carbonyl (C=O) groups excluding carboxylic acids is 2. The molecule has 0 aromatic rings. The third-order valence-corrected chi connectivity index (χ3v) is 1.76. The lowest BCUT2D eigenvalue weighted by Gasteiger charge is -2.28. The molecular formula is C8H16N2O2S. The fraction of sp³-hybridized carbons (Fsp3) is 0.750. The second-order valence-electron chi connectivity index (χ2n) is 3.52. The Balaban J connectivity index is 4.28. The lowest BCUT2D eigenvalue weighted by molar-refractivity contribution is -0.122. The summed E-state index contributed by atoms with van der Waals surface area (Å²) in [5.41, 5.74) is 5.01. The summed E-state index contributed by atoms with van der Waals surface area (Å²) in [7, 11) is 0. The van der Waals surface area contributed by atoms with E-state index in [1.165, 1.54) is 13.8 Å². The van der Waals surface area contributed by atoms with Crippen LogP contribution in [-0.4, -0.2) is 22.5 Å². The number of amides is 1. The minimum Gasteiger partial charge on any atom is -0.298 e. The zero-order valence-electron chi connectivity index (χ0n) is 8.34. The maximum Gasteiger partial charge on any atom is 0.230 e. The monoisotopic (exact) mass is 204 g/mol. The Bertz CT molecular complexity index is 211. The highest BCUT2D eigenvalue weighted by atomic mass is 32.1. The molecule has 5 heteroatoms. The molecule has 13 heavy (non-hydrogen) atoms. The Morgan fingerprint density at radius 1 is 1.31 bits per heavy atom. The molecule has 4 nitrogen and oxygen atoms in total. The molecule has 0 aromatic heterocycles. The van der Waals surface area contributed by atoms with Crippen molar-refractivity contribution in [3.63, 3.8) is 0 Å². The lowest BCUT2D eigenvalue weighted by atomic mass is 10.0. The summed E-state index contributed by atoms with van der Waals surface area (Å²) in [6.07, 6.45) is 0. The van der Waals surface area contributed by atoms with Gasteiger partial charge in [0.25, 0.3) is 0 Å². The van der Waals surface area contributed by atoms with Crippen LogP contribution in [0, 0.1) is 0 Å². The zero-order chi connectivity index (χ0) is 10.6. The molecule has 0 bridgehead atoms. The summed E-state index contributed by atoms with van der Waals surface area (Å²) in [6.45, 7) is 6.43. The molecule has 0 rings (SSSR count). The number of hydrogen-bond donors (Lipinski definition) is 3. The van der Waals surface area contributed by atoms with Gasteiger partial charge in [-0.2, -0.15) is 12.6 Å². The standard InChI is InChI=1S/C8H16N2O2S/c1-5(11)7(8(3,4)13)10-9-6(2)12/h7,10,13H,1-4H3,(H,9,12). The normalized spacial score (nSPS) is 13.6. The minimum atomic E-state index is -0.506. The summed E-state index contributed by atoms with van der Waals surface area (Å²) in [4.78, 5) is 21.7. The summed E-state index contributed by atoms with van der Waals surface area (Å²) < 4.78 is -0.506. The van der Waals surface area contributed by atoms with Crippen LogP contribution in [0.25, 0.3) is 0 Å². The van der Waals surface area contributed by atoms with Gasteiger partial charge in [-0.3, -0.25) is 15.0 Å². The quantitative estimate of drug-likeness (QED) is 0.456. The first-order valence-electron chi connectivity index (χ1n) is 4.00. The van der Waals surface area contributed by atoms with Gasteiger partial charge < -0.3 is 0 Å². The fourth-order valence-electron chi connectivity index (χ4n) is 0.949. The van der Waals surface area contributed by atoms with Crippen LogP contribution >= 0.6 is 12.6 Å². The molecule has 0 spiro atoms. The Morgan fingerprint density at radius 2 is 1.77 bits per heavy atom. The van der Waals surface area contributed by atoms with Gasteiger partial charge in [0.05, 0.1) is 6.04 Å². The van der Waals surface area contributed by atoms with E-state index in [-0.39, 0.29) is 11.7 Å². The van der Waals surface area contributed by atoms with Crippen molar-refractivity contribution in [3.8, 4) is 0 Å². The number of ketones is 1. The molecule has 2 N–H and O–H groups in total. The SMILES string of the molecule is CC(=O)NNC(C(C)=O)C(C)(C)S. The Labute approximate surface area is 83.8 Å². The van der Waals surface area contributed by atoms with E-state index in [1.807, 2.05) is 0 Å². The number of hydrazine groups is 1. The van der Waals surface area contributed by atoms with Gasteiger partial charge in [0.2, 0.25) is 5.91 Å². The fourth-order valence-corrected chi connectivity index (χ4v) is 1.20. The van der Waals surface area contributed by atoms with Crippen LogP contribution in [0.4, 0.5) is 0 Å². The first kappa shape index (κ1) is 12.4. The van der Waals surface area contributed by atoms with Gasteiger partial charge in [-0.05, 0) is 20.8 Å². The molecule has 0 radical (unpaired) electrons. The van der Waals surface area contributed by atoms with Gasteiger partial charge in [0, 0.05) is 11.7 Å². The molecule has 0 aliphatic rings. The second-order valence-corrected chi connectivity index (χ2v) is 4.68. The highest BCUT2D eigenvalue weighted by Crippen LogP contribution is 2.17. The molecule has 1 unspecified atom stereocenters. The first-order chi connectivity index (χ1) is 5.75. The van der Waals surface area contributed by atoms with E-state index >= 15 is 0 Å². The van der Waals surface area contributed by atoms with E-state index in [0.717, 1.165) is 0 Å². The van der Waals surface area contributed by atoms with Crippen molar-refractivity contribution in [1.29, 1.82) is 0 Å². The molecule has 0 saturated heterocycles. The van der Waals surface area contributed by atoms with Crippen LogP contribution in [0.3, 0.4) is 0 Å². The van der Waals surface area contributed by atoms with E-state index in [9.17, 15) is 9.59 Å². The maximum absolute atomic E-state index is 11.1. The van der Waals surface area contributed by atoms with Crippen LogP contribution in [-0.2, 0) is 9.59 Å². The van der Waals surface area contributed by atoms with E-state index in [4.69, 9.17) is 0 Å². The largest absolute Gasteiger partial charge is 0.298 e. The van der Waals surface area contributed by atoms with Gasteiger partial charge >= 0.3 is 0 Å². The molecule has 0 saturated carbocycles. The summed E-state index contributed by atoms with van der Waals surface area (Å²) in [5.74, 6) is -0.294. The highest BCUT2D eigenvalue weighted by molar-refractivity contribution is 7.81. The molecule has 76 valence electrons. The molecule has 1 atom stereocenters. The highest BCUT2D eigenvalue weighted by Gasteiger charge is 2.29. The third-order valence-electron chi connectivity index (χ3n) is 1.51. The number of rotatable bonds is 4. The van der Waals surface area contributed by atoms with Crippen LogP contribution in [0.5, 0.6) is 0 Å². The predicted octanol–water partition coefficient (Wildman–Crippen LogP) is 0.293. The topological polar surface area (TPSA) is 58.2 Å². The van der Waals surface area contributed by atoms with E-state index in [1.54, 1.807) is 13.8 Å². The van der Waals surface area contributed by atoms with Gasteiger partial charge in [-0.1, -0.05) is 0 Å². The number of Topliss-reactive ketones (excluding diaryl/α,β-unsaturated/α-hetero) is 1. The summed E-state index contributed by atoms with van der Waals surface area (Å²) in [6, 6.07) is -0.486. The number of carbonyl (C=O) groups is 2. The molecule has 0 heterocycles. The number of thiol groups is 1. The van der Waals surface area contributed by atoms with Gasteiger partial charge in [0.15, 0.2) is 0 Å². The van der Waals surface area contributed by atoms with Crippen LogP contribution < -0.4 is 10.9 Å². The average Bonchev–Trinajstić information content (AvgIpc) is 1.81. The van der Waals surface area contributed by atoms with Crippen molar-refractivity contribution in [2.75, 3.05) is 0 Å². The van der Waals surface area contributed by atoms with E-state index < -0.39 is 10.8 Å². The Morgan fingerprint density at radius 3 is 2.00 bits per heavy atom. The van der Waals surface area contributed by atoms with Crippen LogP contribution in [0.2, 0.25) is 0 Å². The van der Waals surface area contributed by atoms with Gasteiger partial charge in [0.1, 0.15) is 5.78 Å². The van der Waals surface area contributed by atoms with Gasteiger partial charge in [-0.25, -0.2) is 5.43 Å². The molecule has 1 amide bonds. The van der Waals surface area contributed by atoms with Crippen molar-refractivity contribution >= 4 is 24.3 Å². The summed E-state index contributed by atoms with van der Waals surface area (Å²) >= 11 is 4.26. The maximum atomic E-state index is 11.1. The lowest BCUT2D eigenvalue weighted by Crippen LogP contribution is -2.54. The van der Waals surface area contributed by atoms with Crippen LogP contribution in [0.1, 0.15) is 27.7 Å². The Kier molecular flexibility index (Phi) is 4.43. The predicted molar refractivity (Wildman–Crippen MR) is 54.5 cm³/mol. The molecule has 0 aromatic carbocycles. The molecule has 0 aliphatic heterocycles. The molecular weight excluding hydrogens is 188 g/mol. The van der Waals surface area contributed by atoms with Crippen LogP contribution in [0.15, 0.2) is 0 Å². The zero-order valence-corrected chi connectivity index (χ0v) is 9.24. The minimum absolute atomic E-state index is 0.0613. The van der Waals surface area contributed by atoms with E-state index in [0.29, 0.717) is 0 Å². The van der Waals surface area contributed by atoms with Crippen molar-refractivity contribution in [3.05, 3.63) is 0 Å². The third kappa shape index (κ3) is 4.90. The molecule has 0 aliphatic carbocycles. The number of nitrogens with one attached hydrogen (secondary N) is 2. The average molecular weight is 204 g/mol. The molecule has 0 fully saturated rings. The first-order valence-corrected chi connectivity index (χ1v) is 4.45. The van der Waals surface area contributed by atoms with Crippen molar-refractivity contribution in [1.82, 2.24) is 10.9 Å². The second kappa shape index (κ2) is 4.62. The van der Waals surface area contributed by atoms with Gasteiger partial charge in [-0.15, -0.1) is 0 Å². The van der Waals surface area contributed by atoms with E-state index in [2.05, 4.69) is 23.5 Å².